The van der Waals surface area contributed by atoms with Gasteiger partial charge >= 0.3 is 0 Å². The van der Waals surface area contributed by atoms with Crippen LogP contribution in [0.25, 0.3) is 0 Å². The molecule has 0 saturated heterocycles. The topological polar surface area (TPSA) is 73.0 Å². The Kier molecular flexibility index (Phi) is 6.20. The van der Waals surface area contributed by atoms with Gasteiger partial charge in [-0.05, 0) is 32.5 Å². The third-order valence-electron chi connectivity index (χ3n) is 4.10. The van der Waals surface area contributed by atoms with Gasteiger partial charge in [0.15, 0.2) is 5.69 Å². The van der Waals surface area contributed by atoms with Crippen molar-refractivity contribution in [2.24, 2.45) is 0 Å². The van der Waals surface area contributed by atoms with Crippen molar-refractivity contribution in [1.29, 1.82) is 0 Å². The zero-order valence-electron chi connectivity index (χ0n) is 13.2. The van der Waals surface area contributed by atoms with Gasteiger partial charge in [0.1, 0.15) is 0 Å². The van der Waals surface area contributed by atoms with E-state index in [9.17, 15) is 4.79 Å². The molecule has 0 unspecified atom stereocenters. The van der Waals surface area contributed by atoms with Crippen LogP contribution in [0.15, 0.2) is 0 Å². The summed E-state index contributed by atoms with van der Waals surface area (Å²) in [5, 5.41) is 13.4. The van der Waals surface area contributed by atoms with Gasteiger partial charge in [-0.2, -0.15) is 5.10 Å². The summed E-state index contributed by atoms with van der Waals surface area (Å²) in [7, 11) is 0. The van der Waals surface area contributed by atoms with Gasteiger partial charge in [-0.25, -0.2) is 0 Å². The zero-order chi connectivity index (χ0) is 15.1. The number of hydrogen-bond acceptors (Lipinski definition) is 4. The van der Waals surface area contributed by atoms with Crippen LogP contribution in [-0.4, -0.2) is 53.7 Å². The number of nitrogens with one attached hydrogen (secondary N) is 3. The Morgan fingerprint density at radius 3 is 2.90 bits per heavy atom. The molecule has 0 fully saturated rings. The van der Waals surface area contributed by atoms with Crippen LogP contribution in [-0.2, 0) is 13.0 Å². The Balaban J connectivity index is 1.71. The number of aromatic amines is 1. The first kappa shape index (κ1) is 16.0. The van der Waals surface area contributed by atoms with E-state index in [-0.39, 0.29) is 5.91 Å². The molecule has 6 nitrogen and oxygen atoms in total. The molecule has 21 heavy (non-hydrogen) atoms. The number of aromatic nitrogens is 2. The number of fused-ring (bicyclic) bond motifs is 1. The molecule has 0 bridgehead atoms. The standard InChI is InChI=1S/C15H27N5O/c1-3-20(4-2)10-6-5-8-17-15(21)14-12-11-16-9-7-13(12)18-19-14/h16H,3-11H2,1-2H3,(H,17,21)(H,18,19). The molecule has 1 amide bonds. The van der Waals surface area contributed by atoms with E-state index in [4.69, 9.17) is 0 Å². The maximum absolute atomic E-state index is 12.2. The Hall–Kier alpha value is -1.40. The summed E-state index contributed by atoms with van der Waals surface area (Å²) < 4.78 is 0. The van der Waals surface area contributed by atoms with Gasteiger partial charge in [-0.15, -0.1) is 0 Å². The van der Waals surface area contributed by atoms with Crippen molar-refractivity contribution >= 4 is 5.91 Å². The lowest BCUT2D eigenvalue weighted by molar-refractivity contribution is 0.0946. The molecule has 2 heterocycles. The molecule has 2 rings (SSSR count). The number of H-pyrrole nitrogens is 1. The molecule has 0 spiro atoms. The molecule has 1 aliphatic heterocycles. The van der Waals surface area contributed by atoms with Crippen molar-refractivity contribution in [1.82, 2.24) is 25.7 Å². The number of hydrogen-bond donors (Lipinski definition) is 3. The lowest BCUT2D eigenvalue weighted by atomic mass is 10.1. The van der Waals surface area contributed by atoms with Gasteiger partial charge in [0.25, 0.3) is 5.91 Å². The van der Waals surface area contributed by atoms with Crippen molar-refractivity contribution in [2.45, 2.75) is 39.7 Å². The Labute approximate surface area is 126 Å². The number of carbonyl (C=O) groups is 1. The van der Waals surface area contributed by atoms with Gasteiger partial charge in [0.2, 0.25) is 0 Å². The average Bonchev–Trinajstić information content (AvgIpc) is 2.95. The van der Waals surface area contributed by atoms with Gasteiger partial charge in [-0.1, -0.05) is 13.8 Å². The minimum Gasteiger partial charge on any atom is -0.351 e. The first-order chi connectivity index (χ1) is 10.3. The minimum absolute atomic E-state index is 0.0564. The van der Waals surface area contributed by atoms with E-state index in [0.717, 1.165) is 69.8 Å². The number of amides is 1. The molecule has 0 atom stereocenters. The lowest BCUT2D eigenvalue weighted by Gasteiger charge is -2.17. The molecule has 1 aromatic rings. The predicted octanol–water partition coefficient (Wildman–Crippen LogP) is 0.907. The third kappa shape index (κ3) is 4.28. The number of nitrogens with zero attached hydrogens (tertiary/aromatic N) is 2. The highest BCUT2D eigenvalue weighted by atomic mass is 16.1. The Bertz CT molecular complexity index is 453. The maximum atomic E-state index is 12.2. The summed E-state index contributed by atoms with van der Waals surface area (Å²) in [5.41, 5.74) is 2.68. The fourth-order valence-corrected chi connectivity index (χ4v) is 2.70. The smallest absolute Gasteiger partial charge is 0.272 e. The Morgan fingerprint density at radius 2 is 2.14 bits per heavy atom. The van der Waals surface area contributed by atoms with Gasteiger partial charge in [0, 0.05) is 37.3 Å². The quantitative estimate of drug-likeness (QED) is 0.623. The van der Waals surface area contributed by atoms with Crippen molar-refractivity contribution in [3.8, 4) is 0 Å². The predicted molar refractivity (Wildman–Crippen MR) is 83.4 cm³/mol. The van der Waals surface area contributed by atoms with E-state index >= 15 is 0 Å². The molecular formula is C15H27N5O. The molecule has 3 N–H and O–H groups in total. The maximum Gasteiger partial charge on any atom is 0.272 e. The second kappa shape index (κ2) is 8.14. The second-order valence-corrected chi connectivity index (χ2v) is 5.45. The highest BCUT2D eigenvalue weighted by Gasteiger charge is 2.20. The van der Waals surface area contributed by atoms with E-state index in [0.29, 0.717) is 5.69 Å². The summed E-state index contributed by atoms with van der Waals surface area (Å²) in [6.07, 6.45) is 3.04. The van der Waals surface area contributed by atoms with Gasteiger partial charge < -0.3 is 15.5 Å². The summed E-state index contributed by atoms with van der Waals surface area (Å²) in [4.78, 5) is 14.6. The summed E-state index contributed by atoms with van der Waals surface area (Å²) in [6.45, 7) is 10.0. The molecular weight excluding hydrogens is 266 g/mol. The molecule has 0 radical (unpaired) electrons. The van der Waals surface area contributed by atoms with E-state index in [1.54, 1.807) is 0 Å². The first-order valence-electron chi connectivity index (χ1n) is 8.03. The van der Waals surface area contributed by atoms with Gasteiger partial charge in [-0.3, -0.25) is 9.89 Å². The van der Waals surface area contributed by atoms with Crippen LogP contribution >= 0.6 is 0 Å². The van der Waals surface area contributed by atoms with Crippen LogP contribution in [0.4, 0.5) is 0 Å². The molecule has 118 valence electrons. The van der Waals surface area contributed by atoms with Crippen LogP contribution in [0.3, 0.4) is 0 Å². The fraction of sp³-hybridized carbons (Fsp3) is 0.733. The van der Waals surface area contributed by atoms with Crippen molar-refractivity contribution < 1.29 is 4.79 Å². The largest absolute Gasteiger partial charge is 0.351 e. The van der Waals surface area contributed by atoms with Crippen molar-refractivity contribution in [3.63, 3.8) is 0 Å². The van der Waals surface area contributed by atoms with Crippen molar-refractivity contribution in [2.75, 3.05) is 32.7 Å². The molecule has 1 aromatic heterocycles. The van der Waals surface area contributed by atoms with Crippen LogP contribution in [0.1, 0.15) is 48.4 Å². The second-order valence-electron chi connectivity index (χ2n) is 5.45. The Morgan fingerprint density at radius 1 is 1.33 bits per heavy atom. The van der Waals surface area contributed by atoms with E-state index in [1.807, 2.05) is 0 Å². The summed E-state index contributed by atoms with van der Waals surface area (Å²) in [5.74, 6) is -0.0564. The first-order valence-corrected chi connectivity index (χ1v) is 8.03. The van der Waals surface area contributed by atoms with Crippen LogP contribution in [0.5, 0.6) is 0 Å². The van der Waals surface area contributed by atoms with Crippen LogP contribution in [0.2, 0.25) is 0 Å². The fourth-order valence-electron chi connectivity index (χ4n) is 2.70. The highest BCUT2D eigenvalue weighted by molar-refractivity contribution is 5.94. The zero-order valence-corrected chi connectivity index (χ0v) is 13.2. The van der Waals surface area contributed by atoms with E-state index in [2.05, 4.69) is 39.6 Å². The van der Waals surface area contributed by atoms with E-state index in [1.165, 1.54) is 0 Å². The number of carbonyl (C=O) groups excluding carboxylic acids is 1. The summed E-state index contributed by atoms with van der Waals surface area (Å²) >= 11 is 0. The monoisotopic (exact) mass is 293 g/mol. The van der Waals surface area contributed by atoms with Crippen molar-refractivity contribution in [3.05, 3.63) is 17.0 Å². The minimum atomic E-state index is -0.0564. The highest BCUT2D eigenvalue weighted by Crippen LogP contribution is 2.14. The average molecular weight is 293 g/mol. The SMILES string of the molecule is CCN(CC)CCCCNC(=O)c1n[nH]c2c1CNCC2. The molecule has 0 saturated carbocycles. The van der Waals surface area contributed by atoms with E-state index < -0.39 is 0 Å². The molecule has 0 aliphatic carbocycles. The molecule has 0 aromatic carbocycles. The number of unbranched alkanes of at least 4 members (excludes halogenated alkanes) is 1. The number of rotatable bonds is 8. The summed E-state index contributed by atoms with van der Waals surface area (Å²) in [6, 6.07) is 0. The molecule has 6 heteroatoms. The molecule has 1 aliphatic rings. The third-order valence-corrected chi connectivity index (χ3v) is 4.10. The van der Waals surface area contributed by atoms with Gasteiger partial charge in [0.05, 0.1) is 0 Å². The van der Waals surface area contributed by atoms with Crippen LogP contribution in [0, 0.1) is 0 Å². The normalized spacial score (nSPS) is 14.2. The van der Waals surface area contributed by atoms with Crippen LogP contribution < -0.4 is 10.6 Å². The lowest BCUT2D eigenvalue weighted by Crippen LogP contribution is -2.29.